The summed E-state index contributed by atoms with van der Waals surface area (Å²) in [4.78, 5) is 13.3. The van der Waals surface area contributed by atoms with Crippen molar-refractivity contribution < 1.29 is 15.3 Å². The Kier molecular flexibility index (Phi) is 4.21. The van der Waals surface area contributed by atoms with E-state index in [1.807, 2.05) is 0 Å². The van der Waals surface area contributed by atoms with E-state index in [1.54, 1.807) is 10.9 Å². The van der Waals surface area contributed by atoms with Gasteiger partial charge >= 0.3 is 0 Å². The van der Waals surface area contributed by atoms with Gasteiger partial charge in [-0.15, -0.1) is 0 Å². The molecule has 2 aromatic heterocycles. The first-order chi connectivity index (χ1) is 13.7. The lowest BCUT2D eigenvalue weighted by Crippen LogP contribution is -2.36. The van der Waals surface area contributed by atoms with Crippen molar-refractivity contribution in [1.82, 2.24) is 19.5 Å². The van der Waals surface area contributed by atoms with Gasteiger partial charge in [-0.25, -0.2) is 4.98 Å². The quantitative estimate of drug-likeness (QED) is 0.545. The average molecular weight is 422 g/mol. The SMILES string of the molecule is CC(C)(C)[C@H](Nc1nc(Cl)nc2c1ncn2[C@H]1[C@H](O)[C@H](O)[C@]2(CO)C[C@H]12)C1CC1. The molecule has 0 spiro atoms. The van der Waals surface area contributed by atoms with Gasteiger partial charge in [-0.3, -0.25) is 0 Å². The minimum atomic E-state index is -0.989. The highest BCUT2D eigenvalue weighted by atomic mass is 35.5. The Morgan fingerprint density at radius 2 is 2.03 bits per heavy atom. The molecule has 5 rings (SSSR count). The zero-order chi connectivity index (χ0) is 20.7. The first-order valence-corrected chi connectivity index (χ1v) is 10.7. The van der Waals surface area contributed by atoms with Gasteiger partial charge in [-0.05, 0) is 48.1 Å². The van der Waals surface area contributed by atoms with Crippen LogP contribution in [0, 0.1) is 22.7 Å². The number of nitrogens with one attached hydrogen (secondary N) is 1. The second-order valence-electron chi connectivity index (χ2n) is 10.1. The second kappa shape index (κ2) is 6.26. The van der Waals surface area contributed by atoms with Gasteiger partial charge in [0.15, 0.2) is 17.0 Å². The van der Waals surface area contributed by atoms with Crippen molar-refractivity contribution in [1.29, 1.82) is 0 Å². The van der Waals surface area contributed by atoms with Crippen molar-refractivity contribution in [2.24, 2.45) is 22.7 Å². The Bertz CT molecular complexity index is 955. The van der Waals surface area contributed by atoms with Crippen LogP contribution < -0.4 is 5.32 Å². The largest absolute Gasteiger partial charge is 0.396 e. The van der Waals surface area contributed by atoms with Crippen molar-refractivity contribution in [2.75, 3.05) is 11.9 Å². The molecular formula is C20H28ClN5O3. The molecule has 0 aliphatic heterocycles. The van der Waals surface area contributed by atoms with Crippen molar-refractivity contribution in [3.63, 3.8) is 0 Å². The number of rotatable bonds is 5. The van der Waals surface area contributed by atoms with Gasteiger partial charge < -0.3 is 25.2 Å². The third-order valence-corrected chi connectivity index (χ3v) is 7.35. The molecule has 29 heavy (non-hydrogen) atoms. The summed E-state index contributed by atoms with van der Waals surface area (Å²) in [5, 5.41) is 34.6. The maximum absolute atomic E-state index is 10.7. The number of nitrogens with zero attached hydrogens (tertiary/aromatic N) is 4. The number of fused-ring (bicyclic) bond motifs is 2. The third-order valence-electron chi connectivity index (χ3n) is 7.18. The summed E-state index contributed by atoms with van der Waals surface area (Å²) in [7, 11) is 0. The standard InChI is InChI=1S/C20H28ClN5O3/c1-19(2,3)14(9-4-5-9)23-16-11-17(25-18(21)24-16)26(8-22-11)12-10-6-20(10,7-27)15(29)13(12)28/h8-10,12-15,27-29H,4-7H2,1-3H3,(H,23,24,25)/t10-,12-,13+,14-,15+,20+/m1/s1. The number of hydrogen-bond donors (Lipinski definition) is 4. The van der Waals surface area contributed by atoms with Crippen LogP contribution in [-0.2, 0) is 0 Å². The zero-order valence-corrected chi connectivity index (χ0v) is 17.6. The van der Waals surface area contributed by atoms with E-state index in [9.17, 15) is 15.3 Å². The Balaban J connectivity index is 1.54. The number of halogens is 1. The van der Waals surface area contributed by atoms with Crippen LogP contribution in [0.4, 0.5) is 5.82 Å². The van der Waals surface area contributed by atoms with Crippen LogP contribution >= 0.6 is 11.6 Å². The molecular weight excluding hydrogens is 394 g/mol. The summed E-state index contributed by atoms with van der Waals surface area (Å²) in [6, 6.07) is -0.158. The Hall–Kier alpha value is -1.48. The molecule has 3 aliphatic rings. The molecule has 4 N–H and O–H groups in total. The number of aromatic nitrogens is 4. The highest BCUT2D eigenvalue weighted by molar-refractivity contribution is 6.28. The summed E-state index contributed by atoms with van der Waals surface area (Å²) < 4.78 is 1.79. The molecule has 158 valence electrons. The molecule has 3 saturated carbocycles. The zero-order valence-electron chi connectivity index (χ0n) is 16.9. The van der Waals surface area contributed by atoms with E-state index in [0.717, 1.165) is 0 Å². The lowest BCUT2D eigenvalue weighted by molar-refractivity contribution is -0.0300. The monoisotopic (exact) mass is 421 g/mol. The minimum absolute atomic E-state index is 0.0196. The first kappa shape index (κ1) is 19.5. The molecule has 6 atom stereocenters. The molecule has 2 heterocycles. The molecule has 0 saturated heterocycles. The molecule has 0 bridgehead atoms. The van der Waals surface area contributed by atoms with E-state index < -0.39 is 23.7 Å². The van der Waals surface area contributed by atoms with E-state index in [2.05, 4.69) is 41.0 Å². The number of aliphatic hydroxyl groups excluding tert-OH is 3. The summed E-state index contributed by atoms with van der Waals surface area (Å²) >= 11 is 6.26. The fourth-order valence-electron chi connectivity index (χ4n) is 5.38. The van der Waals surface area contributed by atoms with Crippen LogP contribution in [-0.4, -0.2) is 59.7 Å². The highest BCUT2D eigenvalue weighted by Crippen LogP contribution is 2.67. The average Bonchev–Trinajstić information content (AvgIpc) is 3.55. The number of aliphatic hydroxyl groups is 3. The van der Waals surface area contributed by atoms with Gasteiger partial charge in [-0.2, -0.15) is 9.97 Å². The maximum Gasteiger partial charge on any atom is 0.226 e. The van der Waals surface area contributed by atoms with Gasteiger partial charge in [-0.1, -0.05) is 20.8 Å². The number of hydrogen-bond acceptors (Lipinski definition) is 7. The van der Waals surface area contributed by atoms with Crippen LogP contribution in [0.2, 0.25) is 5.28 Å². The van der Waals surface area contributed by atoms with Crippen molar-refractivity contribution in [2.45, 2.75) is 64.3 Å². The molecule has 2 aromatic rings. The molecule has 9 heteroatoms. The van der Waals surface area contributed by atoms with Crippen molar-refractivity contribution >= 4 is 28.6 Å². The van der Waals surface area contributed by atoms with Gasteiger partial charge in [0, 0.05) is 11.5 Å². The summed E-state index contributed by atoms with van der Waals surface area (Å²) in [5.74, 6) is 1.18. The second-order valence-corrected chi connectivity index (χ2v) is 10.5. The van der Waals surface area contributed by atoms with E-state index in [1.165, 1.54) is 12.8 Å². The van der Waals surface area contributed by atoms with Gasteiger partial charge in [0.25, 0.3) is 0 Å². The molecule has 3 fully saturated rings. The van der Waals surface area contributed by atoms with Crippen LogP contribution in [0.5, 0.6) is 0 Å². The van der Waals surface area contributed by atoms with Gasteiger partial charge in [0.2, 0.25) is 5.28 Å². The van der Waals surface area contributed by atoms with E-state index in [-0.39, 0.29) is 29.3 Å². The van der Waals surface area contributed by atoms with Crippen LogP contribution in [0.1, 0.15) is 46.1 Å². The lowest BCUT2D eigenvalue weighted by atomic mass is 9.83. The maximum atomic E-state index is 10.7. The van der Waals surface area contributed by atoms with Gasteiger partial charge in [0.05, 0.1) is 25.1 Å². The van der Waals surface area contributed by atoms with E-state index in [0.29, 0.717) is 29.3 Å². The molecule has 8 nitrogen and oxygen atoms in total. The number of imidazole rings is 1. The Labute approximate surface area is 174 Å². The lowest BCUT2D eigenvalue weighted by Gasteiger charge is -2.32. The fraction of sp³-hybridized carbons (Fsp3) is 0.750. The van der Waals surface area contributed by atoms with Gasteiger partial charge in [0.1, 0.15) is 6.10 Å². The number of anilines is 1. The predicted octanol–water partition coefficient (Wildman–Crippen LogP) is 1.99. The van der Waals surface area contributed by atoms with Crippen LogP contribution in [0.3, 0.4) is 0 Å². The fourth-order valence-corrected chi connectivity index (χ4v) is 5.54. The molecule has 3 aliphatic carbocycles. The van der Waals surface area contributed by atoms with Crippen LogP contribution in [0.15, 0.2) is 6.33 Å². The smallest absolute Gasteiger partial charge is 0.226 e. The molecule has 0 radical (unpaired) electrons. The minimum Gasteiger partial charge on any atom is -0.396 e. The molecule has 0 aromatic carbocycles. The Morgan fingerprint density at radius 1 is 1.31 bits per heavy atom. The van der Waals surface area contributed by atoms with Crippen molar-refractivity contribution in [3.8, 4) is 0 Å². The normalized spacial score (nSPS) is 35.0. The van der Waals surface area contributed by atoms with E-state index in [4.69, 9.17) is 11.6 Å². The third kappa shape index (κ3) is 2.87. The summed E-state index contributed by atoms with van der Waals surface area (Å²) in [6.07, 6.45) is 2.75. The molecule has 0 unspecified atom stereocenters. The van der Waals surface area contributed by atoms with Crippen LogP contribution in [0.25, 0.3) is 11.2 Å². The summed E-state index contributed by atoms with van der Waals surface area (Å²) in [5.41, 5.74) is 0.566. The summed E-state index contributed by atoms with van der Waals surface area (Å²) in [6.45, 7) is 6.48. The first-order valence-electron chi connectivity index (χ1n) is 10.3. The molecule has 0 amide bonds. The van der Waals surface area contributed by atoms with Crippen molar-refractivity contribution in [3.05, 3.63) is 11.6 Å². The highest BCUT2D eigenvalue weighted by Gasteiger charge is 2.71. The topological polar surface area (TPSA) is 116 Å². The Morgan fingerprint density at radius 3 is 2.62 bits per heavy atom. The van der Waals surface area contributed by atoms with E-state index >= 15 is 0 Å². The predicted molar refractivity (Wildman–Crippen MR) is 109 cm³/mol.